The molecule has 1 aromatic heterocycles. The summed E-state index contributed by atoms with van der Waals surface area (Å²) < 4.78 is 0. The number of rotatable bonds is 6. The van der Waals surface area contributed by atoms with Crippen molar-refractivity contribution in [3.8, 4) is 0 Å². The Morgan fingerprint density at radius 3 is 2.61 bits per heavy atom. The monoisotopic (exact) mass is 253 g/mol. The summed E-state index contributed by atoms with van der Waals surface area (Å²) in [7, 11) is 0. The van der Waals surface area contributed by atoms with Crippen LogP contribution >= 0.6 is 0 Å². The molecule has 0 aliphatic heterocycles. The highest BCUT2D eigenvalue weighted by molar-refractivity contribution is 5.89. The average Bonchev–Trinajstić information content (AvgIpc) is 2.77. The van der Waals surface area contributed by atoms with E-state index in [1.807, 2.05) is 0 Å². The van der Waals surface area contributed by atoms with E-state index in [1.54, 1.807) is 20.0 Å². The van der Waals surface area contributed by atoms with Crippen LogP contribution in [0.2, 0.25) is 0 Å². The summed E-state index contributed by atoms with van der Waals surface area (Å²) in [5, 5.41) is 2.56. The van der Waals surface area contributed by atoms with E-state index in [9.17, 15) is 9.59 Å². The van der Waals surface area contributed by atoms with Gasteiger partial charge in [0.2, 0.25) is 11.8 Å². The van der Waals surface area contributed by atoms with Gasteiger partial charge in [-0.3, -0.25) is 9.59 Å². The normalized spacial score (nSPS) is 14.2. The van der Waals surface area contributed by atoms with Crippen molar-refractivity contribution in [1.29, 1.82) is 0 Å². The van der Waals surface area contributed by atoms with Crippen molar-refractivity contribution >= 4 is 11.8 Å². The van der Waals surface area contributed by atoms with Gasteiger partial charge in [0.1, 0.15) is 6.04 Å². The van der Waals surface area contributed by atoms with Crippen LogP contribution in [0.4, 0.5) is 0 Å². The van der Waals surface area contributed by atoms with Crippen molar-refractivity contribution in [3.05, 3.63) is 18.2 Å². The molecular weight excluding hydrogens is 234 g/mol. The molecule has 2 unspecified atom stereocenters. The molecule has 100 valence electrons. The van der Waals surface area contributed by atoms with Crippen LogP contribution < -0.4 is 16.8 Å². The zero-order valence-electron chi connectivity index (χ0n) is 10.5. The van der Waals surface area contributed by atoms with Gasteiger partial charge in [-0.25, -0.2) is 4.98 Å². The van der Waals surface area contributed by atoms with E-state index in [-0.39, 0.29) is 5.92 Å². The highest BCUT2D eigenvalue weighted by atomic mass is 16.2. The first kappa shape index (κ1) is 14.2. The third-order valence-electron chi connectivity index (χ3n) is 2.60. The summed E-state index contributed by atoms with van der Waals surface area (Å²) in [6.07, 6.45) is 3.44. The fourth-order valence-electron chi connectivity index (χ4n) is 1.55. The van der Waals surface area contributed by atoms with Gasteiger partial charge in [0.15, 0.2) is 0 Å². The van der Waals surface area contributed by atoms with E-state index in [0.717, 1.165) is 5.69 Å². The Morgan fingerprint density at radius 1 is 1.50 bits per heavy atom. The molecule has 6 N–H and O–H groups in total. The average molecular weight is 253 g/mol. The molecular formula is C11H19N5O2. The summed E-state index contributed by atoms with van der Waals surface area (Å²) >= 11 is 0. The van der Waals surface area contributed by atoms with Gasteiger partial charge >= 0.3 is 0 Å². The number of nitrogens with two attached hydrogens (primary N) is 2. The number of amides is 2. The molecule has 0 fully saturated rings. The molecule has 0 spiro atoms. The van der Waals surface area contributed by atoms with Crippen LogP contribution in [0.15, 0.2) is 12.5 Å². The molecule has 0 saturated heterocycles. The molecule has 0 radical (unpaired) electrons. The maximum absolute atomic E-state index is 11.8. The van der Waals surface area contributed by atoms with Crippen molar-refractivity contribution in [2.45, 2.75) is 32.4 Å². The third kappa shape index (κ3) is 3.85. The molecule has 0 aliphatic carbocycles. The van der Waals surface area contributed by atoms with E-state index in [1.165, 1.54) is 6.33 Å². The van der Waals surface area contributed by atoms with Gasteiger partial charge in [-0.05, 0) is 5.92 Å². The molecule has 0 bridgehead atoms. The number of aromatic nitrogens is 2. The summed E-state index contributed by atoms with van der Waals surface area (Å²) in [5.74, 6) is -1.04. The topological polar surface area (TPSA) is 127 Å². The van der Waals surface area contributed by atoms with E-state index in [4.69, 9.17) is 11.5 Å². The highest BCUT2D eigenvalue weighted by Gasteiger charge is 2.24. The maximum Gasteiger partial charge on any atom is 0.240 e. The van der Waals surface area contributed by atoms with Gasteiger partial charge in [-0.2, -0.15) is 0 Å². The minimum absolute atomic E-state index is 0.0780. The number of H-pyrrole nitrogens is 1. The smallest absolute Gasteiger partial charge is 0.240 e. The van der Waals surface area contributed by atoms with Crippen molar-refractivity contribution in [2.75, 3.05) is 0 Å². The zero-order chi connectivity index (χ0) is 13.7. The fourth-order valence-corrected chi connectivity index (χ4v) is 1.55. The van der Waals surface area contributed by atoms with E-state index in [2.05, 4.69) is 15.3 Å². The largest absolute Gasteiger partial charge is 0.368 e. The van der Waals surface area contributed by atoms with Gasteiger partial charge in [0.05, 0.1) is 12.4 Å². The Morgan fingerprint density at radius 2 is 2.17 bits per heavy atom. The summed E-state index contributed by atoms with van der Waals surface area (Å²) in [6.45, 7) is 3.60. The number of imidazole rings is 1. The second kappa shape index (κ2) is 6.15. The third-order valence-corrected chi connectivity index (χ3v) is 2.60. The number of hydrogen-bond donors (Lipinski definition) is 4. The van der Waals surface area contributed by atoms with E-state index in [0.29, 0.717) is 6.42 Å². The number of carbonyl (C=O) groups is 2. The lowest BCUT2D eigenvalue weighted by atomic mass is 10.0. The molecule has 7 nitrogen and oxygen atoms in total. The first-order valence-corrected chi connectivity index (χ1v) is 5.74. The molecule has 2 amide bonds. The Hall–Kier alpha value is -1.89. The van der Waals surface area contributed by atoms with Crippen molar-refractivity contribution in [2.24, 2.45) is 17.4 Å². The lowest BCUT2D eigenvalue weighted by Crippen LogP contribution is -2.53. The number of carbonyl (C=O) groups excluding carboxylic acids is 2. The Bertz CT molecular complexity index is 402. The SMILES string of the molecule is CC(C)C(NC(=O)C(N)Cc1cnc[nH]1)C(N)=O. The van der Waals surface area contributed by atoms with Gasteiger partial charge < -0.3 is 21.8 Å². The first-order chi connectivity index (χ1) is 8.41. The van der Waals surface area contributed by atoms with E-state index >= 15 is 0 Å². The molecule has 0 aliphatic rings. The molecule has 0 aromatic carbocycles. The standard InChI is InChI=1S/C11H19N5O2/c1-6(2)9(10(13)17)16-11(18)8(12)3-7-4-14-5-15-7/h4-6,8-9H,3,12H2,1-2H3,(H2,13,17)(H,14,15)(H,16,18). The molecule has 0 saturated carbocycles. The Balaban J connectivity index is 2.56. The molecule has 1 aromatic rings. The van der Waals surface area contributed by atoms with E-state index < -0.39 is 23.9 Å². The van der Waals surface area contributed by atoms with Crippen LogP contribution in [0.25, 0.3) is 0 Å². The number of hydrogen-bond acceptors (Lipinski definition) is 4. The Kier molecular flexibility index (Phi) is 4.85. The van der Waals surface area contributed by atoms with Gasteiger partial charge in [0, 0.05) is 18.3 Å². The molecule has 2 atom stereocenters. The predicted molar refractivity (Wildman–Crippen MR) is 66.2 cm³/mol. The number of aromatic amines is 1. The fraction of sp³-hybridized carbons (Fsp3) is 0.545. The van der Waals surface area contributed by atoms with Crippen molar-refractivity contribution in [1.82, 2.24) is 15.3 Å². The Labute approximate surface area is 105 Å². The van der Waals surface area contributed by atoms with Crippen LogP contribution in [0.1, 0.15) is 19.5 Å². The van der Waals surface area contributed by atoms with Crippen LogP contribution in [0.5, 0.6) is 0 Å². The molecule has 7 heteroatoms. The number of nitrogens with one attached hydrogen (secondary N) is 2. The van der Waals surface area contributed by atoms with Crippen LogP contribution in [0.3, 0.4) is 0 Å². The van der Waals surface area contributed by atoms with Crippen LogP contribution in [-0.4, -0.2) is 33.9 Å². The van der Waals surface area contributed by atoms with Crippen molar-refractivity contribution < 1.29 is 9.59 Å². The lowest BCUT2D eigenvalue weighted by Gasteiger charge is -2.21. The molecule has 18 heavy (non-hydrogen) atoms. The maximum atomic E-state index is 11.8. The highest BCUT2D eigenvalue weighted by Crippen LogP contribution is 2.02. The lowest BCUT2D eigenvalue weighted by molar-refractivity contribution is -0.129. The summed E-state index contributed by atoms with van der Waals surface area (Å²) in [5.41, 5.74) is 11.7. The summed E-state index contributed by atoms with van der Waals surface area (Å²) in [4.78, 5) is 29.7. The van der Waals surface area contributed by atoms with Crippen molar-refractivity contribution in [3.63, 3.8) is 0 Å². The molecule has 1 heterocycles. The number of nitrogens with zero attached hydrogens (tertiary/aromatic N) is 1. The van der Waals surface area contributed by atoms with Crippen LogP contribution in [-0.2, 0) is 16.0 Å². The van der Waals surface area contributed by atoms with Crippen LogP contribution in [0, 0.1) is 5.92 Å². The minimum Gasteiger partial charge on any atom is -0.368 e. The predicted octanol–water partition coefficient (Wildman–Crippen LogP) is -1.09. The van der Waals surface area contributed by atoms with Gasteiger partial charge in [-0.15, -0.1) is 0 Å². The quantitative estimate of drug-likeness (QED) is 0.513. The second-order valence-electron chi connectivity index (χ2n) is 4.52. The number of primary amides is 1. The molecule has 1 rings (SSSR count). The summed E-state index contributed by atoms with van der Waals surface area (Å²) in [6, 6.07) is -1.45. The second-order valence-corrected chi connectivity index (χ2v) is 4.52. The van der Waals surface area contributed by atoms with Gasteiger partial charge in [0.25, 0.3) is 0 Å². The van der Waals surface area contributed by atoms with Gasteiger partial charge in [-0.1, -0.05) is 13.8 Å². The zero-order valence-corrected chi connectivity index (χ0v) is 10.5. The first-order valence-electron chi connectivity index (χ1n) is 5.74. The minimum atomic E-state index is -0.744.